The van der Waals surface area contributed by atoms with Gasteiger partial charge in [0.15, 0.2) is 5.76 Å². The molecule has 2 aromatic heterocycles. The summed E-state index contributed by atoms with van der Waals surface area (Å²) in [6.45, 7) is 2.18. The number of aromatic nitrogens is 2. The Hall–Kier alpha value is -1.35. The largest absolute Gasteiger partial charge is 0.359 e. The minimum absolute atomic E-state index is 0.342. The molecule has 2 rings (SSSR count). The van der Waals surface area contributed by atoms with E-state index >= 15 is 0 Å². The van der Waals surface area contributed by atoms with Crippen molar-refractivity contribution >= 4 is 11.6 Å². The summed E-state index contributed by atoms with van der Waals surface area (Å²) in [5, 5.41) is 3.95. The lowest BCUT2D eigenvalue weighted by atomic mass is 10.1. The molecule has 0 saturated carbocycles. The summed E-state index contributed by atoms with van der Waals surface area (Å²) in [6, 6.07) is 5.91. The molecule has 0 bridgehead atoms. The number of pyridine rings is 1. The molecule has 0 N–H and O–H groups in total. The fourth-order valence-corrected chi connectivity index (χ4v) is 1.72. The van der Waals surface area contributed by atoms with Crippen molar-refractivity contribution < 1.29 is 4.52 Å². The molecule has 90 valence electrons. The van der Waals surface area contributed by atoms with Crippen LogP contribution in [0.2, 0.25) is 0 Å². The molecule has 0 aliphatic rings. The maximum absolute atomic E-state index is 5.66. The number of aryl methyl sites for hydroxylation is 1. The zero-order chi connectivity index (χ0) is 12.1. The van der Waals surface area contributed by atoms with Gasteiger partial charge in [0, 0.05) is 23.5 Å². The average molecular weight is 251 g/mol. The Balaban J connectivity index is 2.11. The normalized spacial score (nSPS) is 10.7. The molecule has 0 amide bonds. The van der Waals surface area contributed by atoms with Crippen molar-refractivity contribution in [3.05, 3.63) is 35.9 Å². The maximum Gasteiger partial charge on any atom is 0.152 e. The van der Waals surface area contributed by atoms with Crippen LogP contribution in [-0.4, -0.2) is 10.1 Å². The van der Waals surface area contributed by atoms with Crippen LogP contribution in [0.15, 0.2) is 28.9 Å². The SMILES string of the molecule is CCCCc1ccc(-c2cc(CCl)on2)cn1. The smallest absolute Gasteiger partial charge is 0.152 e. The summed E-state index contributed by atoms with van der Waals surface area (Å²) in [7, 11) is 0. The molecule has 0 atom stereocenters. The second kappa shape index (κ2) is 5.82. The van der Waals surface area contributed by atoms with Crippen LogP contribution in [0.1, 0.15) is 31.2 Å². The monoisotopic (exact) mass is 250 g/mol. The third kappa shape index (κ3) is 3.07. The second-order valence-electron chi connectivity index (χ2n) is 3.95. The second-order valence-corrected chi connectivity index (χ2v) is 4.22. The van der Waals surface area contributed by atoms with Crippen LogP contribution in [0.25, 0.3) is 11.3 Å². The molecule has 0 aliphatic carbocycles. The average Bonchev–Trinajstić information content (AvgIpc) is 2.86. The molecule has 0 radical (unpaired) electrons. The van der Waals surface area contributed by atoms with E-state index in [9.17, 15) is 0 Å². The summed E-state index contributed by atoms with van der Waals surface area (Å²) < 4.78 is 5.05. The Labute approximate surface area is 106 Å². The first-order valence-electron chi connectivity index (χ1n) is 5.80. The first-order chi connectivity index (χ1) is 8.33. The van der Waals surface area contributed by atoms with Gasteiger partial charge in [-0.05, 0) is 25.0 Å². The highest BCUT2D eigenvalue weighted by Gasteiger charge is 2.06. The predicted molar refractivity (Wildman–Crippen MR) is 67.9 cm³/mol. The van der Waals surface area contributed by atoms with E-state index in [1.54, 1.807) is 0 Å². The quantitative estimate of drug-likeness (QED) is 0.758. The number of hydrogen-bond acceptors (Lipinski definition) is 3. The molecule has 0 aliphatic heterocycles. The van der Waals surface area contributed by atoms with Crippen molar-refractivity contribution in [3.63, 3.8) is 0 Å². The molecular formula is C13H15ClN2O. The summed E-state index contributed by atoms with van der Waals surface area (Å²) in [6.07, 6.45) is 5.22. The van der Waals surface area contributed by atoms with Gasteiger partial charge in [-0.25, -0.2) is 0 Å². The van der Waals surface area contributed by atoms with E-state index in [1.807, 2.05) is 24.4 Å². The topological polar surface area (TPSA) is 38.9 Å². The number of alkyl halides is 1. The van der Waals surface area contributed by atoms with Crippen LogP contribution in [0.3, 0.4) is 0 Å². The number of unbranched alkanes of at least 4 members (excludes halogenated alkanes) is 1. The van der Waals surface area contributed by atoms with Crippen molar-refractivity contribution in [2.75, 3.05) is 0 Å². The number of halogens is 1. The minimum Gasteiger partial charge on any atom is -0.359 e. The minimum atomic E-state index is 0.342. The highest BCUT2D eigenvalue weighted by molar-refractivity contribution is 6.16. The highest BCUT2D eigenvalue weighted by atomic mass is 35.5. The lowest BCUT2D eigenvalue weighted by Crippen LogP contribution is -1.89. The first kappa shape index (κ1) is 12.1. The summed E-state index contributed by atoms with van der Waals surface area (Å²) in [5.74, 6) is 1.02. The lowest BCUT2D eigenvalue weighted by Gasteiger charge is -1.99. The zero-order valence-electron chi connectivity index (χ0n) is 9.82. The molecule has 0 saturated heterocycles. The summed E-state index contributed by atoms with van der Waals surface area (Å²) in [5.41, 5.74) is 2.87. The molecule has 3 nitrogen and oxygen atoms in total. The predicted octanol–water partition coefficient (Wildman–Crippen LogP) is 3.82. The van der Waals surface area contributed by atoms with E-state index in [0.717, 1.165) is 23.4 Å². The van der Waals surface area contributed by atoms with Gasteiger partial charge in [-0.3, -0.25) is 4.98 Å². The van der Waals surface area contributed by atoms with Gasteiger partial charge in [0.1, 0.15) is 5.69 Å². The molecule has 2 heterocycles. The molecule has 0 unspecified atom stereocenters. The Bertz CT molecular complexity index is 465. The standard InChI is InChI=1S/C13H15ClN2O/c1-2-3-4-11-6-5-10(9-15-11)13-7-12(8-14)17-16-13/h5-7,9H,2-4,8H2,1H3. The van der Waals surface area contributed by atoms with Gasteiger partial charge in [-0.15, -0.1) is 11.6 Å². The fraction of sp³-hybridized carbons (Fsp3) is 0.385. The Morgan fingerprint density at radius 3 is 2.82 bits per heavy atom. The van der Waals surface area contributed by atoms with Crippen molar-refractivity contribution in [2.24, 2.45) is 0 Å². The van der Waals surface area contributed by atoms with Gasteiger partial charge in [0.25, 0.3) is 0 Å². The molecular weight excluding hydrogens is 236 g/mol. The van der Waals surface area contributed by atoms with E-state index < -0.39 is 0 Å². The zero-order valence-corrected chi connectivity index (χ0v) is 10.6. The van der Waals surface area contributed by atoms with E-state index in [0.29, 0.717) is 11.6 Å². The summed E-state index contributed by atoms with van der Waals surface area (Å²) in [4.78, 5) is 4.41. The van der Waals surface area contributed by atoms with Crippen molar-refractivity contribution in [2.45, 2.75) is 32.1 Å². The molecule has 0 fully saturated rings. The van der Waals surface area contributed by atoms with E-state index in [-0.39, 0.29) is 0 Å². The van der Waals surface area contributed by atoms with Crippen LogP contribution in [0.5, 0.6) is 0 Å². The molecule has 4 heteroatoms. The Morgan fingerprint density at radius 2 is 2.24 bits per heavy atom. The lowest BCUT2D eigenvalue weighted by molar-refractivity contribution is 0.396. The van der Waals surface area contributed by atoms with Crippen LogP contribution in [0.4, 0.5) is 0 Å². The third-order valence-corrected chi connectivity index (χ3v) is 2.86. The van der Waals surface area contributed by atoms with Gasteiger partial charge in [-0.2, -0.15) is 0 Å². The van der Waals surface area contributed by atoms with Crippen LogP contribution >= 0.6 is 11.6 Å². The molecule has 0 aromatic carbocycles. The maximum atomic E-state index is 5.66. The fourth-order valence-electron chi connectivity index (χ4n) is 1.59. The van der Waals surface area contributed by atoms with Gasteiger partial charge in [-0.1, -0.05) is 18.5 Å². The van der Waals surface area contributed by atoms with Gasteiger partial charge >= 0.3 is 0 Å². The van der Waals surface area contributed by atoms with Crippen molar-refractivity contribution in [3.8, 4) is 11.3 Å². The van der Waals surface area contributed by atoms with Crippen LogP contribution in [-0.2, 0) is 12.3 Å². The van der Waals surface area contributed by atoms with Crippen molar-refractivity contribution in [1.29, 1.82) is 0 Å². The number of hydrogen-bond donors (Lipinski definition) is 0. The molecule has 17 heavy (non-hydrogen) atoms. The van der Waals surface area contributed by atoms with E-state index in [2.05, 4.69) is 17.1 Å². The highest BCUT2D eigenvalue weighted by Crippen LogP contribution is 2.19. The third-order valence-electron chi connectivity index (χ3n) is 2.60. The van der Waals surface area contributed by atoms with Gasteiger partial charge in [0.2, 0.25) is 0 Å². The number of nitrogens with zero attached hydrogens (tertiary/aromatic N) is 2. The van der Waals surface area contributed by atoms with Crippen LogP contribution < -0.4 is 0 Å². The Kier molecular flexibility index (Phi) is 4.15. The first-order valence-corrected chi connectivity index (χ1v) is 6.33. The van der Waals surface area contributed by atoms with E-state index in [1.165, 1.54) is 12.8 Å². The van der Waals surface area contributed by atoms with Gasteiger partial charge in [0.05, 0.1) is 5.88 Å². The summed E-state index contributed by atoms with van der Waals surface area (Å²) >= 11 is 5.66. The molecule has 0 spiro atoms. The molecule has 2 aromatic rings. The number of rotatable bonds is 5. The van der Waals surface area contributed by atoms with Crippen molar-refractivity contribution in [1.82, 2.24) is 10.1 Å². The Morgan fingerprint density at radius 1 is 1.35 bits per heavy atom. The van der Waals surface area contributed by atoms with Crippen LogP contribution in [0, 0.1) is 0 Å². The van der Waals surface area contributed by atoms with Gasteiger partial charge < -0.3 is 4.52 Å². The van der Waals surface area contributed by atoms with E-state index in [4.69, 9.17) is 16.1 Å².